The second-order valence-electron chi connectivity index (χ2n) is 10.4. The largest absolute Gasteiger partial charge is 0.489 e. The molecule has 2 amide bonds. The number of nitrogens with one attached hydrogen (secondary N) is 2. The Hall–Kier alpha value is -3.92. The summed E-state index contributed by atoms with van der Waals surface area (Å²) in [5, 5.41) is 16.3. The van der Waals surface area contributed by atoms with Crippen LogP contribution in [0.25, 0.3) is 16.9 Å². The SMILES string of the molecule is CC(C)Oc1ccc(C(=O)NCC(Cc2ccc(-c3cn4cccc(C(C)O)c4n3)cc2)NC(=O)[C@@H](C)N)cc1Cl. The second kappa shape index (κ2) is 13.2. The van der Waals surface area contributed by atoms with Gasteiger partial charge in [0.25, 0.3) is 5.91 Å². The summed E-state index contributed by atoms with van der Waals surface area (Å²) < 4.78 is 7.53. The van der Waals surface area contributed by atoms with Gasteiger partial charge in [0.2, 0.25) is 5.91 Å². The van der Waals surface area contributed by atoms with Gasteiger partial charge in [0.15, 0.2) is 0 Å². The number of ether oxygens (including phenoxy) is 1. The third-order valence-electron chi connectivity index (χ3n) is 6.52. The van der Waals surface area contributed by atoms with E-state index in [-0.39, 0.29) is 24.5 Å². The van der Waals surface area contributed by atoms with Crippen LogP contribution in [0.2, 0.25) is 5.02 Å². The average molecular weight is 578 g/mol. The lowest BCUT2D eigenvalue weighted by atomic mass is 10.0. The van der Waals surface area contributed by atoms with Crippen LogP contribution in [0.5, 0.6) is 5.75 Å². The van der Waals surface area contributed by atoms with Gasteiger partial charge in [0.1, 0.15) is 11.4 Å². The van der Waals surface area contributed by atoms with Crippen LogP contribution in [0.1, 0.15) is 55.3 Å². The predicted octanol–water partition coefficient (Wildman–Crippen LogP) is 4.30. The Kier molecular flexibility index (Phi) is 9.65. The number of halogens is 1. The number of carbonyl (C=O) groups is 2. The van der Waals surface area contributed by atoms with E-state index in [1.165, 1.54) is 0 Å². The molecule has 5 N–H and O–H groups in total. The molecule has 216 valence electrons. The molecule has 0 fully saturated rings. The van der Waals surface area contributed by atoms with Gasteiger partial charge >= 0.3 is 0 Å². The summed E-state index contributed by atoms with van der Waals surface area (Å²) in [6.45, 7) is 7.31. The maximum Gasteiger partial charge on any atom is 0.251 e. The zero-order valence-corrected chi connectivity index (χ0v) is 24.4. The lowest BCUT2D eigenvalue weighted by Gasteiger charge is -2.21. The van der Waals surface area contributed by atoms with Crippen LogP contribution in [0, 0.1) is 0 Å². The number of amides is 2. The summed E-state index contributed by atoms with van der Waals surface area (Å²) in [5.74, 6) is -0.115. The van der Waals surface area contributed by atoms with E-state index in [0.29, 0.717) is 28.4 Å². The highest BCUT2D eigenvalue weighted by Crippen LogP contribution is 2.27. The number of imidazole rings is 1. The number of hydrogen-bond donors (Lipinski definition) is 4. The van der Waals surface area contributed by atoms with E-state index in [1.807, 2.05) is 67.0 Å². The zero-order chi connectivity index (χ0) is 29.7. The number of pyridine rings is 1. The minimum absolute atomic E-state index is 0.0436. The van der Waals surface area contributed by atoms with Gasteiger partial charge in [-0.15, -0.1) is 0 Å². The number of hydrogen-bond acceptors (Lipinski definition) is 6. The monoisotopic (exact) mass is 577 g/mol. The number of carbonyl (C=O) groups excluding carboxylic acids is 2. The highest BCUT2D eigenvalue weighted by molar-refractivity contribution is 6.32. The van der Waals surface area contributed by atoms with Crippen molar-refractivity contribution < 1.29 is 19.4 Å². The molecule has 10 heteroatoms. The van der Waals surface area contributed by atoms with Crippen molar-refractivity contribution in [2.45, 2.75) is 58.4 Å². The minimum Gasteiger partial charge on any atom is -0.489 e. The molecule has 0 radical (unpaired) electrons. The fraction of sp³-hybridized carbons (Fsp3) is 0.323. The Morgan fingerprint density at radius 3 is 2.46 bits per heavy atom. The van der Waals surface area contributed by atoms with Gasteiger partial charge < -0.3 is 30.6 Å². The van der Waals surface area contributed by atoms with Crippen molar-refractivity contribution in [1.29, 1.82) is 0 Å². The average Bonchev–Trinajstić information content (AvgIpc) is 3.37. The van der Waals surface area contributed by atoms with Crippen molar-refractivity contribution in [2.24, 2.45) is 5.73 Å². The molecule has 4 aromatic rings. The van der Waals surface area contributed by atoms with Crippen molar-refractivity contribution in [3.8, 4) is 17.0 Å². The molecule has 3 atom stereocenters. The van der Waals surface area contributed by atoms with E-state index in [9.17, 15) is 14.7 Å². The summed E-state index contributed by atoms with van der Waals surface area (Å²) in [4.78, 5) is 30.0. The molecule has 0 spiro atoms. The standard InChI is InChI=1S/C31H36ClN5O4/c1-18(2)41-28-12-11-23(15-26(28)32)31(40)34-16-24(35-30(39)19(3)33)14-21-7-9-22(10-8-21)27-17-37-13-5-6-25(20(4)38)29(37)36-27/h5-13,15,17-20,24,38H,14,16,33H2,1-4H3,(H,34,40)(H,35,39)/t19-,20?,24?/m1/s1. The van der Waals surface area contributed by atoms with Crippen LogP contribution in [-0.4, -0.2) is 51.0 Å². The van der Waals surface area contributed by atoms with Crippen LogP contribution < -0.4 is 21.1 Å². The van der Waals surface area contributed by atoms with Crippen molar-refractivity contribution in [2.75, 3.05) is 6.54 Å². The molecular weight excluding hydrogens is 542 g/mol. The van der Waals surface area contributed by atoms with E-state index in [0.717, 1.165) is 22.4 Å². The van der Waals surface area contributed by atoms with E-state index < -0.39 is 18.2 Å². The van der Waals surface area contributed by atoms with Gasteiger partial charge in [-0.2, -0.15) is 0 Å². The summed E-state index contributed by atoms with van der Waals surface area (Å²) in [7, 11) is 0. The molecule has 2 aromatic carbocycles. The first-order chi connectivity index (χ1) is 19.5. The van der Waals surface area contributed by atoms with Crippen molar-refractivity contribution in [3.05, 3.63) is 88.7 Å². The quantitative estimate of drug-likeness (QED) is 0.210. The third-order valence-corrected chi connectivity index (χ3v) is 6.82. The molecule has 2 heterocycles. The Morgan fingerprint density at radius 1 is 1.10 bits per heavy atom. The molecule has 9 nitrogen and oxygen atoms in total. The number of aliphatic hydroxyl groups is 1. The Labute approximate surface area is 244 Å². The molecule has 0 saturated heterocycles. The van der Waals surface area contributed by atoms with Gasteiger partial charge in [0, 0.05) is 35.6 Å². The molecule has 2 unspecified atom stereocenters. The van der Waals surface area contributed by atoms with Crippen LogP contribution >= 0.6 is 11.6 Å². The molecule has 0 saturated carbocycles. The maximum absolute atomic E-state index is 12.9. The van der Waals surface area contributed by atoms with Crippen LogP contribution in [0.4, 0.5) is 0 Å². The zero-order valence-electron chi connectivity index (χ0n) is 23.6. The van der Waals surface area contributed by atoms with Crippen molar-refractivity contribution >= 4 is 29.1 Å². The summed E-state index contributed by atoms with van der Waals surface area (Å²) in [5.41, 5.74) is 10.3. The molecule has 41 heavy (non-hydrogen) atoms. The highest BCUT2D eigenvalue weighted by Gasteiger charge is 2.18. The van der Waals surface area contributed by atoms with Crippen molar-refractivity contribution in [3.63, 3.8) is 0 Å². The lowest BCUT2D eigenvalue weighted by molar-refractivity contribution is -0.122. The van der Waals surface area contributed by atoms with E-state index in [4.69, 9.17) is 27.1 Å². The number of nitrogens with two attached hydrogens (primary N) is 1. The molecule has 4 rings (SSSR count). The van der Waals surface area contributed by atoms with Crippen LogP contribution in [-0.2, 0) is 11.2 Å². The fourth-order valence-corrected chi connectivity index (χ4v) is 4.64. The number of fused-ring (bicyclic) bond motifs is 1. The first kappa shape index (κ1) is 30.0. The predicted molar refractivity (Wildman–Crippen MR) is 160 cm³/mol. The maximum atomic E-state index is 12.9. The topological polar surface area (TPSA) is 131 Å². The third kappa shape index (κ3) is 7.64. The Balaban J connectivity index is 1.46. The molecular formula is C31H36ClN5O4. The van der Waals surface area contributed by atoms with Gasteiger partial charge in [-0.05, 0) is 63.9 Å². The Morgan fingerprint density at radius 2 is 1.83 bits per heavy atom. The van der Waals surface area contributed by atoms with Gasteiger partial charge in [0.05, 0.1) is 35.0 Å². The first-order valence-corrected chi connectivity index (χ1v) is 13.9. The summed E-state index contributed by atoms with van der Waals surface area (Å²) in [6.07, 6.45) is 3.62. The molecule has 0 aliphatic heterocycles. The first-order valence-electron chi connectivity index (χ1n) is 13.6. The number of aliphatic hydroxyl groups excluding tert-OH is 1. The van der Waals surface area contributed by atoms with Crippen LogP contribution in [0.15, 0.2) is 67.0 Å². The van der Waals surface area contributed by atoms with E-state index >= 15 is 0 Å². The van der Waals surface area contributed by atoms with Gasteiger partial charge in [-0.25, -0.2) is 4.98 Å². The molecule has 0 bridgehead atoms. The minimum atomic E-state index is -0.690. The van der Waals surface area contributed by atoms with Gasteiger partial charge in [-0.3, -0.25) is 9.59 Å². The summed E-state index contributed by atoms with van der Waals surface area (Å²) in [6, 6.07) is 15.4. The van der Waals surface area contributed by atoms with E-state index in [2.05, 4.69) is 10.6 Å². The normalized spacial score (nSPS) is 13.6. The lowest BCUT2D eigenvalue weighted by Crippen LogP contribution is -2.49. The number of nitrogens with zero attached hydrogens (tertiary/aromatic N) is 2. The van der Waals surface area contributed by atoms with E-state index in [1.54, 1.807) is 32.0 Å². The number of aromatic nitrogens is 2. The number of benzene rings is 2. The molecule has 0 aliphatic rings. The van der Waals surface area contributed by atoms with Crippen LogP contribution in [0.3, 0.4) is 0 Å². The molecule has 0 aliphatic carbocycles. The summed E-state index contributed by atoms with van der Waals surface area (Å²) >= 11 is 6.30. The fourth-order valence-electron chi connectivity index (χ4n) is 4.41. The van der Waals surface area contributed by atoms with Crippen molar-refractivity contribution in [1.82, 2.24) is 20.0 Å². The molecule has 2 aromatic heterocycles. The number of rotatable bonds is 11. The Bertz CT molecular complexity index is 1510. The second-order valence-corrected chi connectivity index (χ2v) is 10.8. The smallest absolute Gasteiger partial charge is 0.251 e. The highest BCUT2D eigenvalue weighted by atomic mass is 35.5. The van der Waals surface area contributed by atoms with Gasteiger partial charge in [-0.1, -0.05) is 41.9 Å².